The number of carbonyl (C=O) groups excluding carboxylic acids is 1. The molecular weight excluding hydrogens is 389 g/mol. The Hall–Kier alpha value is -0.560. The Kier molecular flexibility index (Phi) is 6.61. The lowest BCUT2D eigenvalue weighted by molar-refractivity contribution is 0.0490. The van der Waals surface area contributed by atoms with E-state index in [0.29, 0.717) is 5.41 Å². The Morgan fingerprint density at radius 1 is 1.27 bits per heavy atom. The van der Waals surface area contributed by atoms with Gasteiger partial charge in [0.05, 0.1) is 23.8 Å². The first kappa shape index (κ1) is 22.6. The molecule has 3 fully saturated rings. The van der Waals surface area contributed by atoms with Crippen molar-refractivity contribution < 1.29 is 9.53 Å². The molecule has 0 aromatic carbocycles. The SMILES string of the molecule is CC(C)CCCCC1CCC2C3CC=C4CC(OC(N)=O)CC[P+]4(C)C3CCC12C. The van der Waals surface area contributed by atoms with E-state index >= 15 is 0 Å². The summed E-state index contributed by atoms with van der Waals surface area (Å²) in [6.07, 6.45) is 18.1. The molecule has 0 bridgehead atoms. The standard InChI is InChI=1S/C26H44NO2P/c1-18(2)7-5-6-8-19-9-12-23-22-11-10-21-17-20(29-25(27)28)14-16-30(21,4)24(22)13-15-26(19,23)3/h10,18-20,22-24H,5-9,11-17H2,1-4H3,(H-,27,28)/p+1. The average Bonchev–Trinajstić information content (AvgIpc) is 3.01. The predicted octanol–water partition coefficient (Wildman–Crippen LogP) is 7.21. The Bertz CT molecular complexity index is 676. The van der Waals surface area contributed by atoms with Gasteiger partial charge in [-0.3, -0.25) is 0 Å². The second-order valence-electron chi connectivity index (χ2n) is 11.8. The molecule has 2 heterocycles. The van der Waals surface area contributed by atoms with Gasteiger partial charge < -0.3 is 10.5 Å². The van der Waals surface area contributed by atoms with Gasteiger partial charge >= 0.3 is 6.09 Å². The maximum Gasteiger partial charge on any atom is 0.404 e. The fourth-order valence-electron chi connectivity index (χ4n) is 8.13. The van der Waals surface area contributed by atoms with E-state index in [1.54, 1.807) is 5.31 Å². The third-order valence-corrected chi connectivity index (χ3v) is 14.8. The van der Waals surface area contributed by atoms with Crippen molar-refractivity contribution in [2.75, 3.05) is 12.8 Å². The second kappa shape index (κ2) is 8.76. The van der Waals surface area contributed by atoms with Crippen LogP contribution in [0.15, 0.2) is 11.4 Å². The van der Waals surface area contributed by atoms with Crippen LogP contribution in [0, 0.1) is 29.1 Å². The summed E-state index contributed by atoms with van der Waals surface area (Å²) >= 11 is 0. The average molecular weight is 435 g/mol. The van der Waals surface area contributed by atoms with Gasteiger partial charge in [-0.2, -0.15) is 0 Å². The van der Waals surface area contributed by atoms with Crippen LogP contribution in [0.2, 0.25) is 0 Å². The van der Waals surface area contributed by atoms with Crippen LogP contribution in [0.4, 0.5) is 4.79 Å². The molecule has 2 aliphatic heterocycles. The monoisotopic (exact) mass is 434 g/mol. The zero-order chi connectivity index (χ0) is 21.5. The molecule has 0 aromatic heterocycles. The van der Waals surface area contributed by atoms with Gasteiger partial charge in [-0.25, -0.2) is 4.79 Å². The Morgan fingerprint density at radius 3 is 2.80 bits per heavy atom. The number of primary amides is 1. The van der Waals surface area contributed by atoms with Gasteiger partial charge in [-0.1, -0.05) is 40.0 Å². The summed E-state index contributed by atoms with van der Waals surface area (Å²) in [5.74, 6) is 3.68. The molecule has 170 valence electrons. The van der Waals surface area contributed by atoms with Crippen molar-refractivity contribution in [3.8, 4) is 0 Å². The molecule has 4 rings (SSSR count). The minimum atomic E-state index is -1.09. The third kappa shape index (κ3) is 4.10. The van der Waals surface area contributed by atoms with Gasteiger partial charge in [0, 0.05) is 26.0 Å². The number of unbranched alkanes of at least 4 members (excludes halogenated alkanes) is 1. The molecule has 1 amide bonds. The number of rotatable bonds is 6. The van der Waals surface area contributed by atoms with Crippen LogP contribution in [0.25, 0.3) is 0 Å². The molecule has 0 aromatic rings. The van der Waals surface area contributed by atoms with E-state index in [4.69, 9.17) is 10.5 Å². The van der Waals surface area contributed by atoms with Crippen molar-refractivity contribution in [1.82, 2.24) is 0 Å². The Labute approximate surface area is 185 Å². The zero-order valence-corrected chi connectivity index (χ0v) is 20.8. The van der Waals surface area contributed by atoms with Crippen LogP contribution in [-0.4, -0.2) is 30.7 Å². The highest BCUT2D eigenvalue weighted by atomic mass is 31.2. The van der Waals surface area contributed by atoms with Crippen LogP contribution in [0.5, 0.6) is 0 Å². The summed E-state index contributed by atoms with van der Waals surface area (Å²) in [5.41, 5.74) is 6.83. The molecule has 0 radical (unpaired) electrons. The highest BCUT2D eigenvalue weighted by Gasteiger charge is 2.62. The van der Waals surface area contributed by atoms with Gasteiger partial charge in [0.1, 0.15) is 6.10 Å². The normalized spacial score (nSPS) is 42.8. The minimum Gasteiger partial charge on any atom is -0.446 e. The van der Waals surface area contributed by atoms with E-state index in [-0.39, 0.29) is 6.10 Å². The molecule has 3 nitrogen and oxygen atoms in total. The van der Waals surface area contributed by atoms with Crippen LogP contribution < -0.4 is 5.73 Å². The molecule has 2 N–H and O–H groups in total. The van der Waals surface area contributed by atoms with Crippen LogP contribution in [-0.2, 0) is 4.74 Å². The van der Waals surface area contributed by atoms with Crippen molar-refractivity contribution in [1.29, 1.82) is 0 Å². The Balaban J connectivity index is 1.44. The summed E-state index contributed by atoms with van der Waals surface area (Å²) < 4.78 is 5.40. The van der Waals surface area contributed by atoms with Crippen molar-refractivity contribution in [2.24, 2.45) is 34.8 Å². The summed E-state index contributed by atoms with van der Waals surface area (Å²) in [6, 6.07) is 0. The quantitative estimate of drug-likeness (QED) is 0.355. The first-order valence-electron chi connectivity index (χ1n) is 12.7. The molecule has 7 unspecified atom stereocenters. The fraction of sp³-hybridized carbons (Fsp3) is 0.885. The Morgan fingerprint density at radius 2 is 2.07 bits per heavy atom. The third-order valence-electron chi connectivity index (χ3n) is 9.83. The molecule has 4 aliphatic rings. The topological polar surface area (TPSA) is 52.3 Å². The van der Waals surface area contributed by atoms with Crippen molar-refractivity contribution in [2.45, 2.75) is 103 Å². The number of hydrogen-bond donors (Lipinski definition) is 1. The van der Waals surface area contributed by atoms with Crippen molar-refractivity contribution in [3.05, 3.63) is 11.4 Å². The highest BCUT2D eigenvalue weighted by molar-refractivity contribution is 7.79. The van der Waals surface area contributed by atoms with Crippen molar-refractivity contribution >= 4 is 13.4 Å². The van der Waals surface area contributed by atoms with Crippen LogP contribution in [0.1, 0.15) is 91.4 Å². The predicted molar refractivity (Wildman–Crippen MR) is 128 cm³/mol. The number of allylic oxidation sites excluding steroid dienone is 1. The first-order chi connectivity index (χ1) is 14.2. The van der Waals surface area contributed by atoms with Crippen molar-refractivity contribution in [3.63, 3.8) is 0 Å². The van der Waals surface area contributed by atoms with E-state index < -0.39 is 13.4 Å². The smallest absolute Gasteiger partial charge is 0.404 e. The maximum atomic E-state index is 11.2. The number of ether oxygens (including phenoxy) is 1. The number of amides is 1. The molecule has 4 heteroatoms. The van der Waals surface area contributed by atoms with Gasteiger partial charge in [0.15, 0.2) is 0 Å². The molecule has 30 heavy (non-hydrogen) atoms. The summed E-state index contributed by atoms with van der Waals surface area (Å²) in [6.45, 7) is 10.0. The number of nitrogens with two attached hydrogens (primary N) is 1. The summed E-state index contributed by atoms with van der Waals surface area (Å²) in [5, 5.41) is 1.67. The second-order valence-corrected chi connectivity index (χ2v) is 16.0. The summed E-state index contributed by atoms with van der Waals surface area (Å²) in [7, 11) is -1.09. The molecule has 0 spiro atoms. The molecule has 2 aliphatic carbocycles. The maximum absolute atomic E-state index is 11.2. The minimum absolute atomic E-state index is 0.0222. The van der Waals surface area contributed by atoms with Crippen LogP contribution in [0.3, 0.4) is 0 Å². The molecule has 1 saturated heterocycles. The zero-order valence-electron chi connectivity index (χ0n) is 19.9. The largest absolute Gasteiger partial charge is 0.446 e. The lowest BCUT2D eigenvalue weighted by Crippen LogP contribution is -2.47. The van der Waals surface area contributed by atoms with Gasteiger partial charge in [-0.15, -0.1) is 0 Å². The van der Waals surface area contributed by atoms with E-state index in [1.807, 2.05) is 0 Å². The number of fused-ring (bicyclic) bond motifs is 5. The number of hydrogen-bond acceptors (Lipinski definition) is 2. The van der Waals surface area contributed by atoms with E-state index in [2.05, 4.69) is 33.5 Å². The fourth-order valence-corrected chi connectivity index (χ4v) is 13.0. The van der Waals surface area contributed by atoms with E-state index in [1.165, 1.54) is 63.9 Å². The van der Waals surface area contributed by atoms with Crippen LogP contribution >= 0.6 is 7.26 Å². The van der Waals surface area contributed by atoms with Gasteiger partial charge in [0.2, 0.25) is 0 Å². The lowest BCUT2D eigenvalue weighted by atomic mass is 9.59. The number of carbonyl (C=O) groups is 1. The van der Waals surface area contributed by atoms with E-state index in [0.717, 1.165) is 42.2 Å². The van der Waals surface area contributed by atoms with E-state index in [9.17, 15) is 4.79 Å². The van der Waals surface area contributed by atoms with Gasteiger partial charge in [-0.05, 0) is 67.8 Å². The molecule has 7 atom stereocenters. The highest BCUT2D eigenvalue weighted by Crippen LogP contribution is 2.78. The first-order valence-corrected chi connectivity index (χ1v) is 15.2. The molecule has 2 saturated carbocycles. The van der Waals surface area contributed by atoms with Gasteiger partial charge in [0.25, 0.3) is 0 Å². The molecular formula is C26H45NO2P+. The summed E-state index contributed by atoms with van der Waals surface area (Å²) in [4.78, 5) is 11.2. The lowest BCUT2D eigenvalue weighted by Gasteiger charge is -2.54.